The second-order valence-corrected chi connectivity index (χ2v) is 3.01. The van der Waals surface area contributed by atoms with Crippen LogP contribution in [0.25, 0.3) is 0 Å². The maximum absolute atomic E-state index is 13.0. The van der Waals surface area contributed by atoms with Gasteiger partial charge in [-0.1, -0.05) is 12.1 Å². The average molecular weight is 218 g/mol. The summed E-state index contributed by atoms with van der Waals surface area (Å²) in [4.78, 5) is 10.3. The SMILES string of the molecule is O=C(O)CCc1cccc(F)c1C(F)F. The van der Waals surface area contributed by atoms with Crippen LogP contribution in [0.5, 0.6) is 0 Å². The molecular weight excluding hydrogens is 209 g/mol. The number of aryl methyl sites for hydroxylation is 1. The number of halogens is 3. The Kier molecular flexibility index (Phi) is 3.71. The van der Waals surface area contributed by atoms with Gasteiger partial charge >= 0.3 is 5.97 Å². The average Bonchev–Trinajstić information content (AvgIpc) is 2.13. The van der Waals surface area contributed by atoms with Crippen LogP contribution in [0.3, 0.4) is 0 Å². The van der Waals surface area contributed by atoms with Crippen molar-refractivity contribution in [1.82, 2.24) is 0 Å². The Labute approximate surface area is 84.3 Å². The molecule has 1 N–H and O–H groups in total. The quantitative estimate of drug-likeness (QED) is 0.843. The number of carboxylic acids is 1. The molecule has 0 bridgehead atoms. The van der Waals surface area contributed by atoms with E-state index >= 15 is 0 Å². The molecule has 0 atom stereocenters. The molecule has 0 spiro atoms. The Hall–Kier alpha value is -1.52. The zero-order valence-corrected chi connectivity index (χ0v) is 7.71. The van der Waals surface area contributed by atoms with Crippen molar-refractivity contribution in [3.05, 3.63) is 35.1 Å². The molecule has 0 aromatic heterocycles. The first-order valence-electron chi connectivity index (χ1n) is 4.29. The number of benzene rings is 1. The van der Waals surface area contributed by atoms with Gasteiger partial charge in [0.25, 0.3) is 6.43 Å². The minimum absolute atomic E-state index is 0.0485. The molecule has 0 aliphatic rings. The summed E-state index contributed by atoms with van der Waals surface area (Å²) in [5, 5.41) is 8.39. The van der Waals surface area contributed by atoms with Gasteiger partial charge in [0.15, 0.2) is 0 Å². The van der Waals surface area contributed by atoms with Crippen molar-refractivity contribution in [2.24, 2.45) is 0 Å². The Bertz CT molecular complexity index is 364. The summed E-state index contributed by atoms with van der Waals surface area (Å²) in [5.41, 5.74) is -0.647. The van der Waals surface area contributed by atoms with Crippen molar-refractivity contribution in [3.8, 4) is 0 Å². The van der Waals surface area contributed by atoms with Crippen LogP contribution in [0.2, 0.25) is 0 Å². The molecule has 1 aromatic rings. The maximum Gasteiger partial charge on any atom is 0.303 e. The highest BCUT2D eigenvalue weighted by Gasteiger charge is 2.18. The van der Waals surface area contributed by atoms with Gasteiger partial charge in [0.2, 0.25) is 0 Å². The van der Waals surface area contributed by atoms with Crippen molar-refractivity contribution in [2.75, 3.05) is 0 Å². The molecule has 0 fully saturated rings. The van der Waals surface area contributed by atoms with Crippen molar-refractivity contribution in [2.45, 2.75) is 19.3 Å². The maximum atomic E-state index is 13.0. The van der Waals surface area contributed by atoms with E-state index in [-0.39, 0.29) is 18.4 Å². The van der Waals surface area contributed by atoms with E-state index in [9.17, 15) is 18.0 Å². The van der Waals surface area contributed by atoms with Gasteiger partial charge < -0.3 is 5.11 Å². The molecule has 15 heavy (non-hydrogen) atoms. The zero-order chi connectivity index (χ0) is 11.4. The van der Waals surface area contributed by atoms with E-state index in [1.165, 1.54) is 12.1 Å². The summed E-state index contributed by atoms with van der Waals surface area (Å²) in [6, 6.07) is 3.54. The van der Waals surface area contributed by atoms with Gasteiger partial charge in [-0.05, 0) is 18.1 Å². The molecule has 0 aliphatic carbocycles. The summed E-state index contributed by atoms with van der Waals surface area (Å²) in [7, 11) is 0. The predicted octanol–water partition coefficient (Wildman–Crippen LogP) is 2.78. The Balaban J connectivity index is 2.95. The lowest BCUT2D eigenvalue weighted by Gasteiger charge is -2.08. The van der Waals surface area contributed by atoms with Crippen molar-refractivity contribution >= 4 is 5.97 Å². The van der Waals surface area contributed by atoms with E-state index in [1.54, 1.807) is 0 Å². The Morgan fingerprint density at radius 2 is 2.07 bits per heavy atom. The lowest BCUT2D eigenvalue weighted by molar-refractivity contribution is -0.136. The summed E-state index contributed by atoms with van der Waals surface area (Å²) in [5.74, 6) is -2.09. The standard InChI is InChI=1S/C10H9F3O2/c11-7-3-1-2-6(4-5-8(14)15)9(7)10(12)13/h1-3,10H,4-5H2,(H,14,15). The lowest BCUT2D eigenvalue weighted by atomic mass is 10.0. The van der Waals surface area contributed by atoms with Crippen LogP contribution in [0.4, 0.5) is 13.2 Å². The minimum atomic E-state index is -2.92. The van der Waals surface area contributed by atoms with Crippen LogP contribution >= 0.6 is 0 Å². The number of hydrogen-bond donors (Lipinski definition) is 1. The molecule has 0 heterocycles. The first kappa shape index (κ1) is 11.6. The summed E-state index contributed by atoms with van der Waals surface area (Å²) in [6.07, 6.45) is -3.30. The molecule has 0 aliphatic heterocycles. The summed E-state index contributed by atoms with van der Waals surface area (Å²) < 4.78 is 37.8. The molecule has 1 aromatic carbocycles. The Morgan fingerprint density at radius 3 is 2.60 bits per heavy atom. The van der Waals surface area contributed by atoms with Crippen LogP contribution in [0.1, 0.15) is 24.0 Å². The van der Waals surface area contributed by atoms with Crippen LogP contribution in [-0.4, -0.2) is 11.1 Å². The van der Waals surface area contributed by atoms with E-state index in [4.69, 9.17) is 5.11 Å². The van der Waals surface area contributed by atoms with Gasteiger partial charge in [0.05, 0.1) is 5.56 Å². The summed E-state index contributed by atoms with van der Waals surface area (Å²) >= 11 is 0. The second-order valence-electron chi connectivity index (χ2n) is 3.01. The second kappa shape index (κ2) is 4.82. The third-order valence-electron chi connectivity index (χ3n) is 1.97. The first-order valence-corrected chi connectivity index (χ1v) is 4.29. The summed E-state index contributed by atoms with van der Waals surface area (Å²) in [6.45, 7) is 0. The largest absolute Gasteiger partial charge is 0.481 e. The van der Waals surface area contributed by atoms with E-state index in [0.29, 0.717) is 0 Å². The number of aliphatic carboxylic acids is 1. The molecule has 2 nitrogen and oxygen atoms in total. The predicted molar refractivity (Wildman–Crippen MR) is 47.3 cm³/mol. The fourth-order valence-corrected chi connectivity index (χ4v) is 1.29. The monoisotopic (exact) mass is 218 g/mol. The highest BCUT2D eigenvalue weighted by Crippen LogP contribution is 2.26. The molecule has 0 amide bonds. The highest BCUT2D eigenvalue weighted by molar-refractivity contribution is 5.67. The topological polar surface area (TPSA) is 37.3 Å². The smallest absolute Gasteiger partial charge is 0.303 e. The number of carbonyl (C=O) groups is 1. The molecule has 0 unspecified atom stereocenters. The zero-order valence-electron chi connectivity index (χ0n) is 7.71. The Morgan fingerprint density at radius 1 is 1.40 bits per heavy atom. The van der Waals surface area contributed by atoms with Crippen molar-refractivity contribution < 1.29 is 23.1 Å². The number of hydrogen-bond acceptors (Lipinski definition) is 1. The van der Waals surface area contributed by atoms with Gasteiger partial charge in [-0.2, -0.15) is 0 Å². The minimum Gasteiger partial charge on any atom is -0.481 e. The van der Waals surface area contributed by atoms with Crippen LogP contribution in [0, 0.1) is 5.82 Å². The van der Waals surface area contributed by atoms with E-state index < -0.39 is 23.8 Å². The first-order chi connectivity index (χ1) is 7.02. The van der Waals surface area contributed by atoms with Gasteiger partial charge in [0, 0.05) is 6.42 Å². The van der Waals surface area contributed by atoms with Gasteiger partial charge in [-0.3, -0.25) is 4.79 Å². The number of alkyl halides is 2. The number of rotatable bonds is 4. The van der Waals surface area contributed by atoms with Crippen molar-refractivity contribution in [1.29, 1.82) is 0 Å². The van der Waals surface area contributed by atoms with E-state index in [2.05, 4.69) is 0 Å². The third kappa shape index (κ3) is 2.97. The molecule has 5 heteroatoms. The van der Waals surface area contributed by atoms with Gasteiger partial charge in [-0.15, -0.1) is 0 Å². The van der Waals surface area contributed by atoms with Crippen LogP contribution in [-0.2, 0) is 11.2 Å². The molecule has 0 radical (unpaired) electrons. The highest BCUT2D eigenvalue weighted by atomic mass is 19.3. The number of carboxylic acid groups (broad SMARTS) is 1. The fourth-order valence-electron chi connectivity index (χ4n) is 1.29. The molecule has 0 saturated heterocycles. The van der Waals surface area contributed by atoms with Gasteiger partial charge in [0.1, 0.15) is 5.82 Å². The normalized spacial score (nSPS) is 10.7. The van der Waals surface area contributed by atoms with Crippen LogP contribution < -0.4 is 0 Å². The molecular formula is C10H9F3O2. The van der Waals surface area contributed by atoms with E-state index in [1.807, 2.05) is 0 Å². The lowest BCUT2D eigenvalue weighted by Crippen LogP contribution is -2.03. The van der Waals surface area contributed by atoms with Crippen LogP contribution in [0.15, 0.2) is 18.2 Å². The van der Waals surface area contributed by atoms with Crippen molar-refractivity contribution in [3.63, 3.8) is 0 Å². The van der Waals surface area contributed by atoms with E-state index in [0.717, 1.165) is 6.07 Å². The third-order valence-corrected chi connectivity index (χ3v) is 1.97. The molecule has 0 saturated carbocycles. The fraction of sp³-hybridized carbons (Fsp3) is 0.300. The molecule has 82 valence electrons. The van der Waals surface area contributed by atoms with Gasteiger partial charge in [-0.25, -0.2) is 13.2 Å². The molecule has 1 rings (SSSR count).